The van der Waals surface area contributed by atoms with Crippen molar-refractivity contribution >= 4 is 22.6 Å². The van der Waals surface area contributed by atoms with Crippen molar-refractivity contribution < 1.29 is 14.2 Å². The molecular weight excluding hydrogens is 331 g/mol. The Bertz CT molecular complexity index is 267. The van der Waals surface area contributed by atoms with E-state index < -0.39 is 0 Å². The molecule has 96 valence electrons. The number of halogens is 1. The Labute approximate surface area is 117 Å². The molecule has 1 aromatic rings. The van der Waals surface area contributed by atoms with Crippen LogP contribution in [0.2, 0.25) is 0 Å². The summed E-state index contributed by atoms with van der Waals surface area (Å²) < 4.78 is 17.2. The summed E-state index contributed by atoms with van der Waals surface area (Å²) in [5.41, 5.74) is 1.19. The Morgan fingerprint density at radius 2 is 1.35 bits per heavy atom. The Morgan fingerprint density at radius 3 is 2.00 bits per heavy atom. The smallest absolute Gasteiger partial charge is 0.0718 e. The summed E-state index contributed by atoms with van der Waals surface area (Å²) in [7, 11) is 0. The van der Waals surface area contributed by atoms with Crippen molar-refractivity contribution in [1.29, 1.82) is 0 Å². The quantitative estimate of drug-likeness (QED) is 0.369. The second kappa shape index (κ2) is 11.0. The Balaban J connectivity index is 1.85. The number of rotatable bonds is 10. The molecule has 0 unspecified atom stereocenters. The molecule has 0 heterocycles. The van der Waals surface area contributed by atoms with Gasteiger partial charge in [-0.1, -0.05) is 52.9 Å². The van der Waals surface area contributed by atoms with Gasteiger partial charge in [0.2, 0.25) is 0 Å². The number of ether oxygens (including phenoxy) is 3. The largest absolute Gasteiger partial charge is 0.378 e. The van der Waals surface area contributed by atoms with Gasteiger partial charge in [0, 0.05) is 4.43 Å². The fourth-order valence-corrected chi connectivity index (χ4v) is 1.57. The topological polar surface area (TPSA) is 27.7 Å². The van der Waals surface area contributed by atoms with Gasteiger partial charge in [-0.05, 0) is 5.56 Å². The van der Waals surface area contributed by atoms with Crippen molar-refractivity contribution in [1.82, 2.24) is 0 Å². The first-order valence-corrected chi connectivity index (χ1v) is 7.29. The van der Waals surface area contributed by atoms with Crippen molar-refractivity contribution in [2.24, 2.45) is 0 Å². The molecule has 17 heavy (non-hydrogen) atoms. The van der Waals surface area contributed by atoms with Gasteiger partial charge in [-0.3, -0.25) is 0 Å². The molecule has 3 nitrogen and oxygen atoms in total. The summed E-state index contributed by atoms with van der Waals surface area (Å²) >= 11 is 2.29. The van der Waals surface area contributed by atoms with Crippen molar-refractivity contribution in [3.63, 3.8) is 0 Å². The lowest BCUT2D eigenvalue weighted by Gasteiger charge is -2.06. The lowest BCUT2D eigenvalue weighted by atomic mass is 10.2. The van der Waals surface area contributed by atoms with Crippen molar-refractivity contribution in [2.75, 3.05) is 37.5 Å². The Morgan fingerprint density at radius 1 is 0.765 bits per heavy atom. The van der Waals surface area contributed by atoms with Crippen LogP contribution in [0.15, 0.2) is 30.3 Å². The molecule has 0 aliphatic rings. The molecule has 4 heteroatoms. The average molecular weight is 350 g/mol. The van der Waals surface area contributed by atoms with Crippen LogP contribution < -0.4 is 0 Å². The number of alkyl halides is 1. The van der Waals surface area contributed by atoms with Crippen LogP contribution in [0.1, 0.15) is 5.56 Å². The molecule has 0 bridgehead atoms. The fourth-order valence-electron chi connectivity index (χ4n) is 1.26. The molecule has 1 aromatic carbocycles. The zero-order chi connectivity index (χ0) is 12.2. The first-order valence-electron chi connectivity index (χ1n) is 5.76. The van der Waals surface area contributed by atoms with E-state index in [1.807, 2.05) is 18.2 Å². The van der Waals surface area contributed by atoms with Crippen molar-refractivity contribution in [3.05, 3.63) is 35.9 Å². The molecule has 0 aromatic heterocycles. The molecule has 0 aliphatic heterocycles. The second-order valence-corrected chi connectivity index (χ2v) is 4.53. The van der Waals surface area contributed by atoms with E-state index in [0.717, 1.165) is 11.0 Å². The third-order valence-corrected chi connectivity index (χ3v) is 2.52. The highest BCUT2D eigenvalue weighted by atomic mass is 127. The predicted molar refractivity (Wildman–Crippen MR) is 76.6 cm³/mol. The highest BCUT2D eigenvalue weighted by molar-refractivity contribution is 14.1. The number of benzene rings is 1. The standard InChI is InChI=1S/C13H19IO3/c14-6-7-15-8-9-16-10-11-17-12-13-4-2-1-3-5-13/h1-5H,6-12H2. The SMILES string of the molecule is ICCOCCOCCOCc1ccccc1. The van der Waals surface area contributed by atoms with Gasteiger partial charge in [0.1, 0.15) is 0 Å². The van der Waals surface area contributed by atoms with Gasteiger partial charge in [0.15, 0.2) is 0 Å². The van der Waals surface area contributed by atoms with Crippen LogP contribution in [0.4, 0.5) is 0 Å². The maximum Gasteiger partial charge on any atom is 0.0718 e. The molecule has 0 amide bonds. The van der Waals surface area contributed by atoms with E-state index in [-0.39, 0.29) is 0 Å². The van der Waals surface area contributed by atoms with Gasteiger partial charge in [0.25, 0.3) is 0 Å². The summed E-state index contributed by atoms with van der Waals surface area (Å²) in [4.78, 5) is 0. The van der Waals surface area contributed by atoms with Gasteiger partial charge in [0.05, 0.1) is 39.6 Å². The van der Waals surface area contributed by atoms with Gasteiger partial charge in [-0.25, -0.2) is 0 Å². The lowest BCUT2D eigenvalue weighted by Crippen LogP contribution is -2.10. The highest BCUT2D eigenvalue weighted by Gasteiger charge is 1.92. The van der Waals surface area contributed by atoms with Crippen LogP contribution in [0.5, 0.6) is 0 Å². The minimum atomic E-state index is 0.625. The molecular formula is C13H19IO3. The van der Waals surface area contributed by atoms with Gasteiger partial charge in [-0.2, -0.15) is 0 Å². The lowest BCUT2D eigenvalue weighted by molar-refractivity contribution is 0.0135. The zero-order valence-electron chi connectivity index (χ0n) is 9.94. The molecule has 0 radical (unpaired) electrons. The molecule has 0 saturated carbocycles. The van der Waals surface area contributed by atoms with Gasteiger partial charge in [-0.15, -0.1) is 0 Å². The number of hydrogen-bond donors (Lipinski definition) is 0. The normalized spacial score (nSPS) is 10.6. The third-order valence-electron chi connectivity index (χ3n) is 2.08. The molecule has 1 rings (SSSR count). The fraction of sp³-hybridized carbons (Fsp3) is 0.538. The number of hydrogen-bond acceptors (Lipinski definition) is 3. The second-order valence-electron chi connectivity index (χ2n) is 3.45. The molecule has 0 atom stereocenters. The molecule has 0 fully saturated rings. The highest BCUT2D eigenvalue weighted by Crippen LogP contribution is 1.99. The molecule has 0 saturated heterocycles. The van der Waals surface area contributed by atoms with Gasteiger partial charge < -0.3 is 14.2 Å². The minimum absolute atomic E-state index is 0.625. The molecule has 0 aliphatic carbocycles. The van der Waals surface area contributed by atoms with Crippen LogP contribution >= 0.6 is 22.6 Å². The molecule has 0 N–H and O–H groups in total. The van der Waals surface area contributed by atoms with E-state index in [2.05, 4.69) is 34.7 Å². The summed E-state index contributed by atoms with van der Waals surface area (Å²) in [6.45, 7) is 4.01. The van der Waals surface area contributed by atoms with Crippen LogP contribution in [0.3, 0.4) is 0 Å². The van der Waals surface area contributed by atoms with Gasteiger partial charge >= 0.3 is 0 Å². The van der Waals surface area contributed by atoms with Crippen LogP contribution in [0.25, 0.3) is 0 Å². The van der Waals surface area contributed by atoms with E-state index in [9.17, 15) is 0 Å². The van der Waals surface area contributed by atoms with Crippen LogP contribution in [0, 0.1) is 0 Å². The zero-order valence-corrected chi connectivity index (χ0v) is 12.1. The minimum Gasteiger partial charge on any atom is -0.378 e. The summed E-state index contributed by atoms with van der Waals surface area (Å²) in [6, 6.07) is 10.1. The van der Waals surface area contributed by atoms with E-state index >= 15 is 0 Å². The average Bonchev–Trinajstić information content (AvgIpc) is 2.38. The third kappa shape index (κ3) is 8.54. The summed E-state index contributed by atoms with van der Waals surface area (Å²) in [6.07, 6.45) is 0. The van der Waals surface area contributed by atoms with Crippen molar-refractivity contribution in [2.45, 2.75) is 6.61 Å². The van der Waals surface area contributed by atoms with Crippen LogP contribution in [-0.4, -0.2) is 37.5 Å². The van der Waals surface area contributed by atoms with E-state index in [0.29, 0.717) is 33.0 Å². The summed E-state index contributed by atoms with van der Waals surface area (Å²) in [5.74, 6) is 0. The Kier molecular flexibility index (Phi) is 9.59. The van der Waals surface area contributed by atoms with E-state index in [4.69, 9.17) is 14.2 Å². The summed E-state index contributed by atoms with van der Waals surface area (Å²) in [5, 5.41) is 0. The molecule has 0 spiro atoms. The first-order chi connectivity index (χ1) is 8.43. The first kappa shape index (κ1) is 14.9. The maximum absolute atomic E-state index is 5.48. The van der Waals surface area contributed by atoms with E-state index in [1.165, 1.54) is 5.56 Å². The van der Waals surface area contributed by atoms with Crippen LogP contribution in [-0.2, 0) is 20.8 Å². The predicted octanol–water partition coefficient (Wildman–Crippen LogP) is 2.67. The van der Waals surface area contributed by atoms with Crippen molar-refractivity contribution in [3.8, 4) is 0 Å². The monoisotopic (exact) mass is 350 g/mol. The van der Waals surface area contributed by atoms with E-state index in [1.54, 1.807) is 0 Å². The maximum atomic E-state index is 5.48. The Hall–Kier alpha value is -0.170.